The number of hydrogen-bond donors (Lipinski definition) is 0. The average Bonchev–Trinajstić information content (AvgIpc) is 3.01. The van der Waals surface area contributed by atoms with Crippen LogP contribution in [0.25, 0.3) is 0 Å². The topological polar surface area (TPSA) is 23.6 Å². The maximum Gasteiger partial charge on any atom is 0.162 e. The molecule has 1 atom stereocenters. The molecule has 7 heteroatoms. The maximum atomic E-state index is 13.9. The van der Waals surface area contributed by atoms with Gasteiger partial charge in [0.15, 0.2) is 5.78 Å². The van der Waals surface area contributed by atoms with Crippen molar-refractivity contribution in [3.63, 3.8) is 0 Å². The fourth-order valence-electron chi connectivity index (χ4n) is 4.97. The van der Waals surface area contributed by atoms with Crippen molar-refractivity contribution in [2.75, 3.05) is 32.7 Å². The summed E-state index contributed by atoms with van der Waals surface area (Å²) in [4.78, 5) is 19.4. The highest BCUT2D eigenvalue weighted by Gasteiger charge is 2.30. The quantitative estimate of drug-likeness (QED) is 0.345. The van der Waals surface area contributed by atoms with Gasteiger partial charge in [-0.25, -0.2) is 8.78 Å². The molecule has 1 unspecified atom stereocenters. The third-order valence-corrected chi connectivity index (χ3v) is 8.31. The molecule has 0 aliphatic carbocycles. The van der Waals surface area contributed by atoms with Gasteiger partial charge >= 0.3 is 0 Å². The van der Waals surface area contributed by atoms with Gasteiger partial charge in [0.2, 0.25) is 0 Å². The van der Waals surface area contributed by atoms with Crippen molar-refractivity contribution in [1.29, 1.82) is 0 Å². The fourth-order valence-corrected chi connectivity index (χ4v) is 6.29. The zero-order valence-electron chi connectivity index (χ0n) is 19.4. The molecule has 1 fully saturated rings. The summed E-state index contributed by atoms with van der Waals surface area (Å²) >= 11 is 8.01. The van der Waals surface area contributed by atoms with Crippen molar-refractivity contribution >= 4 is 29.1 Å². The van der Waals surface area contributed by atoms with E-state index >= 15 is 0 Å². The minimum atomic E-state index is -0.327. The van der Waals surface area contributed by atoms with Crippen LogP contribution in [0, 0.1) is 11.6 Å². The Kier molecular flexibility index (Phi) is 7.54. The van der Waals surface area contributed by atoms with E-state index in [1.165, 1.54) is 17.7 Å². The van der Waals surface area contributed by atoms with E-state index < -0.39 is 0 Å². The zero-order chi connectivity index (χ0) is 24.4. The lowest BCUT2D eigenvalue weighted by Crippen LogP contribution is -2.48. The van der Waals surface area contributed by atoms with Crippen molar-refractivity contribution in [3.8, 4) is 0 Å². The molecule has 2 aliphatic heterocycles. The zero-order valence-corrected chi connectivity index (χ0v) is 20.9. The molecule has 0 N–H and O–H groups in total. The molecular formula is C28H27ClF2N2OS. The fraction of sp³-hybridized carbons (Fsp3) is 0.321. The second-order valence-corrected chi connectivity index (χ2v) is 10.7. The SMILES string of the molecule is O=C(CCCN1CCN(C2Cc3ccc(F)cc3Sc3ccc(Cl)cc32)CC1)c1ccc(F)cc1. The smallest absolute Gasteiger partial charge is 0.162 e. The molecule has 0 saturated carbocycles. The van der Waals surface area contributed by atoms with Crippen molar-refractivity contribution in [2.45, 2.75) is 35.1 Å². The lowest BCUT2D eigenvalue weighted by atomic mass is 9.96. The molecule has 1 saturated heterocycles. The van der Waals surface area contributed by atoms with Crippen LogP contribution < -0.4 is 0 Å². The number of Topliss-reactive ketones (excluding diaryl/α,β-unsaturated/α-hetero) is 1. The number of hydrogen-bond acceptors (Lipinski definition) is 4. The van der Waals surface area contributed by atoms with Crippen molar-refractivity contribution < 1.29 is 13.6 Å². The van der Waals surface area contributed by atoms with Gasteiger partial charge in [-0.15, -0.1) is 0 Å². The number of rotatable bonds is 6. The second-order valence-electron chi connectivity index (χ2n) is 9.17. The molecule has 3 aromatic rings. The molecule has 0 aromatic heterocycles. The summed E-state index contributed by atoms with van der Waals surface area (Å²) in [5.74, 6) is -0.479. The first-order valence-corrected chi connectivity index (χ1v) is 13.2. The molecule has 182 valence electrons. The minimum Gasteiger partial charge on any atom is -0.301 e. The Morgan fingerprint density at radius 3 is 2.43 bits per heavy atom. The number of ketones is 1. The monoisotopic (exact) mass is 512 g/mol. The summed E-state index contributed by atoms with van der Waals surface area (Å²) in [5, 5.41) is 0.718. The Morgan fingerprint density at radius 1 is 0.914 bits per heavy atom. The lowest BCUT2D eigenvalue weighted by Gasteiger charge is -2.39. The molecule has 0 radical (unpaired) electrons. The normalized spacial score (nSPS) is 18.5. The molecule has 0 spiro atoms. The van der Waals surface area contributed by atoms with Gasteiger partial charge in [-0.05, 0) is 85.1 Å². The van der Waals surface area contributed by atoms with Crippen LogP contribution in [0.4, 0.5) is 8.78 Å². The van der Waals surface area contributed by atoms with E-state index in [1.807, 2.05) is 18.2 Å². The van der Waals surface area contributed by atoms with Gasteiger partial charge in [0.05, 0.1) is 0 Å². The second kappa shape index (κ2) is 10.8. The van der Waals surface area contributed by atoms with E-state index in [2.05, 4.69) is 15.9 Å². The highest BCUT2D eigenvalue weighted by Crippen LogP contribution is 2.44. The lowest BCUT2D eigenvalue weighted by molar-refractivity contribution is 0.0888. The summed E-state index contributed by atoms with van der Waals surface area (Å²) in [6.07, 6.45) is 2.07. The molecule has 5 rings (SSSR count). The van der Waals surface area contributed by atoms with Crippen molar-refractivity contribution in [2.24, 2.45) is 0 Å². The van der Waals surface area contributed by atoms with Gasteiger partial charge in [-0.1, -0.05) is 29.4 Å². The predicted octanol–water partition coefficient (Wildman–Crippen LogP) is 6.65. The first kappa shape index (κ1) is 24.4. The van der Waals surface area contributed by atoms with E-state index in [9.17, 15) is 13.6 Å². The maximum absolute atomic E-state index is 13.9. The highest BCUT2D eigenvalue weighted by molar-refractivity contribution is 7.99. The Balaban J connectivity index is 1.21. The van der Waals surface area contributed by atoms with Crippen LogP contribution in [-0.4, -0.2) is 48.3 Å². The van der Waals surface area contributed by atoms with Gasteiger partial charge in [0.1, 0.15) is 11.6 Å². The number of piperazine rings is 1. The summed E-state index contributed by atoms with van der Waals surface area (Å²) < 4.78 is 27.0. The molecule has 0 bridgehead atoms. The summed E-state index contributed by atoms with van der Waals surface area (Å²) in [6.45, 7) is 4.57. The summed E-state index contributed by atoms with van der Waals surface area (Å²) in [6, 6.07) is 17.1. The van der Waals surface area contributed by atoms with Crippen molar-refractivity contribution in [1.82, 2.24) is 9.80 Å². The van der Waals surface area contributed by atoms with Crippen LogP contribution in [0.1, 0.15) is 40.4 Å². The molecule has 35 heavy (non-hydrogen) atoms. The number of benzene rings is 3. The van der Waals surface area contributed by atoms with Gasteiger partial charge in [-0.2, -0.15) is 0 Å². The molecule has 2 aliphatic rings. The molecule has 3 aromatic carbocycles. The first-order chi connectivity index (χ1) is 17.0. The number of carbonyl (C=O) groups is 1. The Labute approximate surface area is 214 Å². The van der Waals surface area contributed by atoms with Crippen LogP contribution >= 0.6 is 23.4 Å². The van der Waals surface area contributed by atoms with E-state index in [0.29, 0.717) is 12.0 Å². The number of fused-ring (bicyclic) bond motifs is 2. The third-order valence-electron chi connectivity index (χ3n) is 6.89. The third kappa shape index (κ3) is 5.78. The minimum absolute atomic E-state index is 0.0585. The Hall–Kier alpha value is -2.25. The standard InChI is InChI=1S/C28H27ClF2N2OS/c29-21-6-10-27-24(17-21)25(16-20-5-9-23(31)18-28(20)35-27)33-14-12-32(13-15-33)11-1-2-26(34)19-3-7-22(30)8-4-19/h3-10,17-18,25H,1-2,11-16H2. The number of nitrogens with zero attached hydrogens (tertiary/aromatic N) is 2. The molecule has 0 amide bonds. The molecular weight excluding hydrogens is 486 g/mol. The number of carbonyl (C=O) groups excluding carboxylic acids is 1. The summed E-state index contributed by atoms with van der Waals surface area (Å²) in [7, 11) is 0. The van der Waals surface area contributed by atoms with Gasteiger partial charge < -0.3 is 4.90 Å². The number of halogens is 3. The van der Waals surface area contributed by atoms with Crippen molar-refractivity contribution in [3.05, 3.63) is 94.0 Å². The van der Waals surface area contributed by atoms with Crippen LogP contribution in [0.2, 0.25) is 5.02 Å². The van der Waals surface area contributed by atoms with Gasteiger partial charge in [-0.3, -0.25) is 9.69 Å². The first-order valence-electron chi connectivity index (χ1n) is 12.0. The van der Waals surface area contributed by atoms with Crippen LogP contribution in [-0.2, 0) is 6.42 Å². The van der Waals surface area contributed by atoms with Crippen LogP contribution in [0.3, 0.4) is 0 Å². The van der Waals surface area contributed by atoms with Gasteiger partial charge in [0, 0.05) is 59.0 Å². The Morgan fingerprint density at radius 2 is 1.66 bits per heavy atom. The Bertz CT molecular complexity index is 1210. The van der Waals surface area contributed by atoms with E-state index in [0.717, 1.165) is 65.9 Å². The largest absolute Gasteiger partial charge is 0.301 e. The average molecular weight is 513 g/mol. The van der Waals surface area contributed by atoms with Gasteiger partial charge in [0.25, 0.3) is 0 Å². The predicted molar refractivity (Wildman–Crippen MR) is 136 cm³/mol. The highest BCUT2D eigenvalue weighted by atomic mass is 35.5. The van der Waals surface area contributed by atoms with E-state index in [-0.39, 0.29) is 23.5 Å². The van der Waals surface area contributed by atoms with Crippen LogP contribution in [0.15, 0.2) is 70.5 Å². The molecule has 3 nitrogen and oxygen atoms in total. The van der Waals surface area contributed by atoms with E-state index in [1.54, 1.807) is 36.0 Å². The van der Waals surface area contributed by atoms with Crippen LogP contribution in [0.5, 0.6) is 0 Å². The molecule has 2 heterocycles. The van der Waals surface area contributed by atoms with E-state index in [4.69, 9.17) is 11.6 Å². The summed E-state index contributed by atoms with van der Waals surface area (Å²) in [5.41, 5.74) is 2.94.